The molecule has 1 fully saturated rings. The van der Waals surface area contributed by atoms with E-state index in [-0.39, 0.29) is 0 Å². The van der Waals surface area contributed by atoms with Crippen molar-refractivity contribution in [3.05, 3.63) is 23.8 Å². The van der Waals surface area contributed by atoms with Gasteiger partial charge < -0.3 is 19.9 Å². The first-order chi connectivity index (χ1) is 9.83. The Bertz CT molecular complexity index is 445. The lowest BCUT2D eigenvalue weighted by molar-refractivity contribution is 0.115. The van der Waals surface area contributed by atoms with E-state index in [1.54, 1.807) is 0 Å². The number of rotatable bonds is 3. The topological polar surface area (TPSA) is 54.0 Å². The molecule has 3 rings (SSSR count). The normalized spacial score (nSPS) is 21.2. The minimum atomic E-state index is -0.482. The van der Waals surface area contributed by atoms with Crippen molar-refractivity contribution in [3.8, 4) is 11.5 Å². The van der Waals surface area contributed by atoms with Crippen molar-refractivity contribution in [1.29, 1.82) is 0 Å². The summed E-state index contributed by atoms with van der Waals surface area (Å²) in [7, 11) is 0. The van der Waals surface area contributed by atoms with Gasteiger partial charge in [0.25, 0.3) is 0 Å². The lowest BCUT2D eigenvalue weighted by Gasteiger charge is -2.24. The van der Waals surface area contributed by atoms with E-state index in [0.29, 0.717) is 19.8 Å². The van der Waals surface area contributed by atoms with Gasteiger partial charge in [0, 0.05) is 19.6 Å². The third kappa shape index (κ3) is 3.23. The molecule has 1 atom stereocenters. The molecular formula is C15H22N2O3. The maximum absolute atomic E-state index is 10.4. The highest BCUT2D eigenvalue weighted by molar-refractivity contribution is 5.44. The maximum atomic E-state index is 10.4. The van der Waals surface area contributed by atoms with E-state index in [2.05, 4.69) is 10.2 Å². The highest BCUT2D eigenvalue weighted by Crippen LogP contribution is 2.32. The highest BCUT2D eigenvalue weighted by atomic mass is 16.6. The largest absolute Gasteiger partial charge is 0.486 e. The van der Waals surface area contributed by atoms with Gasteiger partial charge in [-0.2, -0.15) is 0 Å². The van der Waals surface area contributed by atoms with Gasteiger partial charge in [0.2, 0.25) is 0 Å². The van der Waals surface area contributed by atoms with Gasteiger partial charge in [-0.25, -0.2) is 0 Å². The first kappa shape index (κ1) is 13.7. The first-order valence-electron chi connectivity index (χ1n) is 7.33. The summed E-state index contributed by atoms with van der Waals surface area (Å²) < 4.78 is 11.1. The number of ether oxygens (including phenoxy) is 2. The monoisotopic (exact) mass is 278 g/mol. The zero-order valence-electron chi connectivity index (χ0n) is 11.7. The predicted octanol–water partition coefficient (Wildman–Crippen LogP) is 0.786. The summed E-state index contributed by atoms with van der Waals surface area (Å²) in [5.41, 5.74) is 0.895. The average molecular weight is 278 g/mol. The van der Waals surface area contributed by atoms with Gasteiger partial charge in [0.15, 0.2) is 11.5 Å². The lowest BCUT2D eigenvalue weighted by atomic mass is 10.1. The molecule has 2 heterocycles. The Labute approximate surface area is 119 Å². The fourth-order valence-electron chi connectivity index (χ4n) is 2.70. The lowest BCUT2D eigenvalue weighted by Crippen LogP contribution is -2.32. The van der Waals surface area contributed by atoms with Crippen LogP contribution < -0.4 is 14.8 Å². The molecule has 1 aromatic carbocycles. The van der Waals surface area contributed by atoms with Crippen LogP contribution in [0.4, 0.5) is 0 Å². The SMILES string of the molecule is OC(CN1CCCNCC1)c1ccc2c(c1)OCCO2. The fourth-order valence-corrected chi connectivity index (χ4v) is 2.70. The number of aliphatic hydroxyl groups is 1. The molecule has 1 aromatic rings. The standard InChI is InChI=1S/C15H22N2O3/c18-13(11-17-6-1-4-16-5-7-17)12-2-3-14-15(10-12)20-9-8-19-14/h2-3,10,13,16,18H,1,4-9,11H2. The summed E-state index contributed by atoms with van der Waals surface area (Å²) in [6.45, 7) is 5.92. The Morgan fingerprint density at radius 3 is 2.90 bits per heavy atom. The number of nitrogens with zero attached hydrogens (tertiary/aromatic N) is 1. The van der Waals surface area contributed by atoms with Gasteiger partial charge in [0.05, 0.1) is 6.10 Å². The van der Waals surface area contributed by atoms with E-state index in [0.717, 1.165) is 49.7 Å². The fraction of sp³-hybridized carbons (Fsp3) is 0.600. The molecule has 2 aliphatic rings. The van der Waals surface area contributed by atoms with Crippen LogP contribution >= 0.6 is 0 Å². The van der Waals surface area contributed by atoms with E-state index < -0.39 is 6.10 Å². The maximum Gasteiger partial charge on any atom is 0.161 e. The molecule has 2 aliphatic heterocycles. The number of benzene rings is 1. The number of nitrogens with one attached hydrogen (secondary N) is 1. The second kappa shape index (κ2) is 6.43. The first-order valence-corrected chi connectivity index (χ1v) is 7.33. The Kier molecular flexibility index (Phi) is 4.40. The van der Waals surface area contributed by atoms with Gasteiger partial charge in [-0.3, -0.25) is 4.90 Å². The Morgan fingerprint density at radius 2 is 2.00 bits per heavy atom. The zero-order chi connectivity index (χ0) is 13.8. The number of fused-ring (bicyclic) bond motifs is 1. The quantitative estimate of drug-likeness (QED) is 0.856. The van der Waals surface area contributed by atoms with E-state index >= 15 is 0 Å². The van der Waals surface area contributed by atoms with Crippen molar-refractivity contribution in [2.24, 2.45) is 0 Å². The number of β-amino-alcohol motifs (C(OH)–C–C–N with tert-alkyl or cyclic N) is 1. The van der Waals surface area contributed by atoms with Gasteiger partial charge in [-0.1, -0.05) is 6.07 Å². The molecule has 1 unspecified atom stereocenters. The van der Waals surface area contributed by atoms with E-state index in [4.69, 9.17) is 9.47 Å². The number of aliphatic hydroxyl groups excluding tert-OH is 1. The van der Waals surface area contributed by atoms with Crippen LogP contribution in [0.1, 0.15) is 18.1 Å². The molecule has 2 N–H and O–H groups in total. The predicted molar refractivity (Wildman–Crippen MR) is 76.3 cm³/mol. The summed E-state index contributed by atoms with van der Waals surface area (Å²) in [6.07, 6.45) is 0.650. The Hall–Kier alpha value is -1.30. The van der Waals surface area contributed by atoms with Gasteiger partial charge in [0.1, 0.15) is 13.2 Å². The van der Waals surface area contributed by atoms with Crippen molar-refractivity contribution in [2.75, 3.05) is 45.9 Å². The molecule has 5 nitrogen and oxygen atoms in total. The average Bonchev–Trinajstić information content (AvgIpc) is 2.75. The van der Waals surface area contributed by atoms with Crippen LogP contribution in [0.2, 0.25) is 0 Å². The Morgan fingerprint density at radius 1 is 1.15 bits per heavy atom. The molecule has 0 amide bonds. The minimum Gasteiger partial charge on any atom is -0.486 e. The summed E-state index contributed by atoms with van der Waals surface area (Å²) in [5, 5.41) is 13.8. The molecule has 5 heteroatoms. The second-order valence-electron chi connectivity index (χ2n) is 5.32. The van der Waals surface area contributed by atoms with Crippen LogP contribution in [0, 0.1) is 0 Å². The highest BCUT2D eigenvalue weighted by Gasteiger charge is 2.18. The molecule has 0 bridgehead atoms. The summed E-state index contributed by atoms with van der Waals surface area (Å²) in [6, 6.07) is 5.71. The van der Waals surface area contributed by atoms with Crippen LogP contribution in [0.15, 0.2) is 18.2 Å². The number of hydrogen-bond donors (Lipinski definition) is 2. The van der Waals surface area contributed by atoms with Crippen molar-refractivity contribution >= 4 is 0 Å². The molecule has 0 aliphatic carbocycles. The van der Waals surface area contributed by atoms with E-state index in [1.807, 2.05) is 18.2 Å². The summed E-state index contributed by atoms with van der Waals surface area (Å²) in [5.74, 6) is 1.51. The summed E-state index contributed by atoms with van der Waals surface area (Å²) >= 11 is 0. The zero-order valence-corrected chi connectivity index (χ0v) is 11.7. The minimum absolute atomic E-state index is 0.482. The van der Waals surface area contributed by atoms with Gasteiger partial charge in [-0.15, -0.1) is 0 Å². The van der Waals surface area contributed by atoms with Gasteiger partial charge in [-0.05, 0) is 37.2 Å². The van der Waals surface area contributed by atoms with E-state index in [1.165, 1.54) is 0 Å². The van der Waals surface area contributed by atoms with Crippen LogP contribution in [0.25, 0.3) is 0 Å². The molecule has 110 valence electrons. The van der Waals surface area contributed by atoms with Crippen LogP contribution in [-0.4, -0.2) is 55.9 Å². The van der Waals surface area contributed by atoms with Crippen molar-refractivity contribution in [3.63, 3.8) is 0 Å². The molecular weight excluding hydrogens is 256 g/mol. The van der Waals surface area contributed by atoms with Crippen molar-refractivity contribution in [1.82, 2.24) is 10.2 Å². The summed E-state index contributed by atoms with van der Waals surface area (Å²) in [4.78, 5) is 2.31. The third-order valence-corrected chi connectivity index (χ3v) is 3.81. The van der Waals surface area contributed by atoms with Crippen LogP contribution in [0.3, 0.4) is 0 Å². The molecule has 20 heavy (non-hydrogen) atoms. The van der Waals surface area contributed by atoms with E-state index in [9.17, 15) is 5.11 Å². The number of hydrogen-bond acceptors (Lipinski definition) is 5. The molecule has 0 saturated carbocycles. The Balaban J connectivity index is 1.65. The molecule has 0 spiro atoms. The molecule has 1 saturated heterocycles. The van der Waals surface area contributed by atoms with Crippen molar-refractivity contribution < 1.29 is 14.6 Å². The smallest absolute Gasteiger partial charge is 0.161 e. The molecule has 0 radical (unpaired) electrons. The van der Waals surface area contributed by atoms with Crippen LogP contribution in [-0.2, 0) is 0 Å². The van der Waals surface area contributed by atoms with Crippen LogP contribution in [0.5, 0.6) is 11.5 Å². The third-order valence-electron chi connectivity index (χ3n) is 3.81. The van der Waals surface area contributed by atoms with Gasteiger partial charge >= 0.3 is 0 Å². The molecule has 0 aromatic heterocycles. The second-order valence-corrected chi connectivity index (χ2v) is 5.32. The van der Waals surface area contributed by atoms with Crippen molar-refractivity contribution in [2.45, 2.75) is 12.5 Å².